The molecule has 4 rings (SSSR count). The normalized spacial score (nSPS) is 18.0. The van der Waals surface area contributed by atoms with E-state index in [1.807, 2.05) is 4.90 Å². The molecule has 130 valence electrons. The van der Waals surface area contributed by atoms with Gasteiger partial charge >= 0.3 is 0 Å². The second kappa shape index (κ2) is 6.44. The number of likely N-dealkylation sites (N-methyl/N-ethyl adjacent to an activating group) is 1. The number of hydrogen-bond donors (Lipinski definition) is 1. The number of halogens is 1. The van der Waals surface area contributed by atoms with Crippen LogP contribution in [-0.2, 0) is 13.0 Å². The first-order valence-corrected chi connectivity index (χ1v) is 8.61. The summed E-state index contributed by atoms with van der Waals surface area (Å²) in [4.78, 5) is 16.9. The minimum absolute atomic E-state index is 0.0118. The lowest BCUT2D eigenvalue weighted by Gasteiger charge is -2.27. The number of nitrogens with one attached hydrogen (secondary N) is 1. The summed E-state index contributed by atoms with van der Waals surface area (Å²) >= 11 is 0. The fraction of sp³-hybridized carbons (Fsp3) is 0.368. The Morgan fingerprint density at radius 1 is 1.20 bits per heavy atom. The highest BCUT2D eigenvalue weighted by Gasteiger charge is 2.27. The summed E-state index contributed by atoms with van der Waals surface area (Å²) < 4.78 is 13.1. The molecule has 1 aromatic carbocycles. The van der Waals surface area contributed by atoms with Crippen LogP contribution in [-0.4, -0.2) is 52.6 Å². The van der Waals surface area contributed by atoms with Crippen LogP contribution in [0, 0.1) is 5.82 Å². The van der Waals surface area contributed by atoms with E-state index < -0.39 is 0 Å². The number of nitrogens with zero attached hydrogens (tertiary/aromatic N) is 3. The maximum Gasteiger partial charge on any atom is 0.274 e. The Hall–Kier alpha value is -2.47. The second-order valence-electron chi connectivity index (χ2n) is 6.75. The highest BCUT2D eigenvalue weighted by molar-refractivity contribution is 5.94. The number of amides is 1. The molecule has 0 fully saturated rings. The van der Waals surface area contributed by atoms with E-state index in [2.05, 4.69) is 28.2 Å². The minimum atomic E-state index is -0.231. The van der Waals surface area contributed by atoms with Crippen LogP contribution in [0.3, 0.4) is 0 Å². The number of fused-ring (bicyclic) bond motifs is 1. The molecular weight excluding hydrogens is 319 g/mol. The van der Waals surface area contributed by atoms with Crippen LogP contribution in [0.4, 0.5) is 4.39 Å². The number of carbonyl (C=O) groups excluding carboxylic acids is 1. The summed E-state index contributed by atoms with van der Waals surface area (Å²) in [5.74, 6) is -0.243. The quantitative estimate of drug-likeness (QED) is 0.914. The molecule has 0 aliphatic carbocycles. The Bertz CT molecular complexity index is 824. The van der Waals surface area contributed by atoms with Crippen LogP contribution in [0.2, 0.25) is 0 Å². The predicted octanol–water partition coefficient (Wildman–Crippen LogP) is 2.47. The van der Waals surface area contributed by atoms with E-state index in [1.54, 1.807) is 12.1 Å². The summed E-state index contributed by atoms with van der Waals surface area (Å²) in [5, 5.41) is 7.32. The monoisotopic (exact) mass is 340 g/mol. The Morgan fingerprint density at radius 3 is 2.72 bits per heavy atom. The van der Waals surface area contributed by atoms with Crippen LogP contribution in [0.15, 0.2) is 30.3 Å². The molecule has 2 aromatic rings. The molecule has 25 heavy (non-hydrogen) atoms. The molecular formula is C19H21FN4O. The minimum Gasteiger partial charge on any atom is -0.333 e. The van der Waals surface area contributed by atoms with E-state index in [1.165, 1.54) is 12.1 Å². The van der Waals surface area contributed by atoms with E-state index in [0.717, 1.165) is 48.3 Å². The lowest BCUT2D eigenvalue weighted by molar-refractivity contribution is 0.0764. The molecule has 5 nitrogen and oxygen atoms in total. The molecule has 6 heteroatoms. The van der Waals surface area contributed by atoms with Gasteiger partial charge in [0.05, 0.1) is 0 Å². The number of aromatic amines is 1. The van der Waals surface area contributed by atoms with Crippen molar-refractivity contribution in [3.63, 3.8) is 0 Å². The molecule has 0 saturated carbocycles. The van der Waals surface area contributed by atoms with Gasteiger partial charge in [0.1, 0.15) is 5.82 Å². The van der Waals surface area contributed by atoms with Crippen molar-refractivity contribution in [2.45, 2.75) is 19.4 Å². The van der Waals surface area contributed by atoms with Crippen molar-refractivity contribution < 1.29 is 9.18 Å². The second-order valence-corrected chi connectivity index (χ2v) is 6.75. The maximum absolute atomic E-state index is 13.1. The molecule has 0 spiro atoms. The van der Waals surface area contributed by atoms with E-state index >= 15 is 0 Å². The number of rotatable bonds is 2. The molecule has 1 aromatic heterocycles. The third-order valence-electron chi connectivity index (χ3n) is 5.04. The topological polar surface area (TPSA) is 52.2 Å². The molecule has 0 saturated heterocycles. The molecule has 3 heterocycles. The molecule has 0 unspecified atom stereocenters. The van der Waals surface area contributed by atoms with Crippen molar-refractivity contribution >= 4 is 11.5 Å². The molecule has 0 atom stereocenters. The van der Waals surface area contributed by atoms with Crippen molar-refractivity contribution in [3.8, 4) is 0 Å². The van der Waals surface area contributed by atoms with Gasteiger partial charge in [-0.15, -0.1) is 0 Å². The zero-order valence-electron chi connectivity index (χ0n) is 14.3. The Balaban J connectivity index is 1.50. The van der Waals surface area contributed by atoms with Crippen molar-refractivity contribution in [1.82, 2.24) is 20.0 Å². The Morgan fingerprint density at radius 2 is 2.00 bits per heavy atom. The predicted molar refractivity (Wildman–Crippen MR) is 93.5 cm³/mol. The fourth-order valence-corrected chi connectivity index (χ4v) is 3.54. The first kappa shape index (κ1) is 16.0. The van der Waals surface area contributed by atoms with Crippen molar-refractivity contribution in [1.29, 1.82) is 0 Å². The largest absolute Gasteiger partial charge is 0.333 e. The van der Waals surface area contributed by atoms with Gasteiger partial charge in [0.2, 0.25) is 0 Å². The molecule has 1 amide bonds. The van der Waals surface area contributed by atoms with Crippen LogP contribution in [0.25, 0.3) is 5.57 Å². The fourth-order valence-electron chi connectivity index (χ4n) is 3.54. The molecule has 0 radical (unpaired) electrons. The van der Waals surface area contributed by atoms with Gasteiger partial charge in [-0.2, -0.15) is 5.10 Å². The molecule has 2 aliphatic rings. The zero-order valence-corrected chi connectivity index (χ0v) is 14.3. The van der Waals surface area contributed by atoms with Gasteiger partial charge in [0.25, 0.3) is 5.91 Å². The van der Waals surface area contributed by atoms with Crippen LogP contribution in [0.5, 0.6) is 0 Å². The third-order valence-corrected chi connectivity index (χ3v) is 5.04. The smallest absolute Gasteiger partial charge is 0.274 e. The Kier molecular flexibility index (Phi) is 4.13. The van der Waals surface area contributed by atoms with Gasteiger partial charge in [0.15, 0.2) is 5.69 Å². The highest BCUT2D eigenvalue weighted by Crippen LogP contribution is 2.25. The zero-order chi connectivity index (χ0) is 17.4. The van der Waals surface area contributed by atoms with Gasteiger partial charge in [-0.1, -0.05) is 18.2 Å². The lowest BCUT2D eigenvalue weighted by Crippen LogP contribution is -2.36. The van der Waals surface area contributed by atoms with Gasteiger partial charge in [-0.25, -0.2) is 4.39 Å². The number of carbonyl (C=O) groups is 1. The molecule has 1 N–H and O–H groups in total. The van der Waals surface area contributed by atoms with E-state index in [0.29, 0.717) is 18.8 Å². The van der Waals surface area contributed by atoms with Crippen LogP contribution in [0.1, 0.15) is 33.7 Å². The number of aromatic nitrogens is 2. The van der Waals surface area contributed by atoms with Crippen molar-refractivity contribution in [2.24, 2.45) is 0 Å². The van der Waals surface area contributed by atoms with E-state index in [4.69, 9.17) is 0 Å². The summed E-state index contributed by atoms with van der Waals surface area (Å²) in [5.41, 5.74) is 4.85. The van der Waals surface area contributed by atoms with Gasteiger partial charge in [-0.3, -0.25) is 9.89 Å². The van der Waals surface area contributed by atoms with Crippen LogP contribution < -0.4 is 0 Å². The first-order chi connectivity index (χ1) is 12.1. The van der Waals surface area contributed by atoms with Gasteiger partial charge in [0, 0.05) is 43.9 Å². The molecule has 2 aliphatic heterocycles. The number of hydrogen-bond acceptors (Lipinski definition) is 3. The molecule has 0 bridgehead atoms. The van der Waals surface area contributed by atoms with E-state index in [9.17, 15) is 9.18 Å². The Labute approximate surface area is 146 Å². The van der Waals surface area contributed by atoms with E-state index in [-0.39, 0.29) is 11.7 Å². The van der Waals surface area contributed by atoms with Crippen molar-refractivity contribution in [3.05, 3.63) is 58.7 Å². The number of H-pyrrole nitrogens is 1. The number of benzene rings is 1. The maximum atomic E-state index is 13.1. The van der Waals surface area contributed by atoms with Crippen LogP contribution >= 0.6 is 0 Å². The van der Waals surface area contributed by atoms with Gasteiger partial charge < -0.3 is 9.80 Å². The third kappa shape index (κ3) is 3.09. The SMILES string of the molecule is CN1CCc2[nH]nc(C(=O)N3CC=C(c4ccc(F)cc4)CC3)c2C1. The highest BCUT2D eigenvalue weighted by atomic mass is 19.1. The van der Waals surface area contributed by atoms with Gasteiger partial charge in [-0.05, 0) is 36.7 Å². The first-order valence-electron chi connectivity index (χ1n) is 8.61. The summed E-state index contributed by atoms with van der Waals surface area (Å²) in [6.07, 6.45) is 3.73. The summed E-state index contributed by atoms with van der Waals surface area (Å²) in [6.45, 7) is 2.95. The standard InChI is InChI=1S/C19H21FN4O/c1-23-9-8-17-16(12-23)18(22-21-17)19(25)24-10-6-14(7-11-24)13-2-4-15(20)5-3-13/h2-6H,7-12H2,1H3,(H,21,22). The summed E-state index contributed by atoms with van der Waals surface area (Å²) in [7, 11) is 2.06. The summed E-state index contributed by atoms with van der Waals surface area (Å²) in [6, 6.07) is 6.53. The average molecular weight is 340 g/mol. The lowest BCUT2D eigenvalue weighted by atomic mass is 9.99. The van der Waals surface area contributed by atoms with Crippen molar-refractivity contribution in [2.75, 3.05) is 26.7 Å². The average Bonchev–Trinajstić information content (AvgIpc) is 3.05.